The number of rotatable bonds is 2. The van der Waals surface area contributed by atoms with Gasteiger partial charge in [-0.3, -0.25) is 0 Å². The van der Waals surface area contributed by atoms with Crippen LogP contribution >= 0.6 is 0 Å². The van der Waals surface area contributed by atoms with Gasteiger partial charge in [0.2, 0.25) is 0 Å². The molecule has 0 bridgehead atoms. The Morgan fingerprint density at radius 2 is 1.53 bits per heavy atom. The molecule has 1 aliphatic carbocycles. The lowest BCUT2D eigenvalue weighted by atomic mass is 10.1. The van der Waals surface area contributed by atoms with Crippen LogP contribution in [0.3, 0.4) is 0 Å². The number of benzene rings is 1. The second-order valence-corrected chi connectivity index (χ2v) is 4.88. The van der Waals surface area contributed by atoms with Gasteiger partial charge < -0.3 is 20.1 Å². The number of ether oxygens (including phenoxy) is 1. The van der Waals surface area contributed by atoms with Crippen molar-refractivity contribution in [3.8, 4) is 17.2 Å². The first-order valence-corrected chi connectivity index (χ1v) is 6.54. The van der Waals surface area contributed by atoms with E-state index in [0.29, 0.717) is 0 Å². The number of carbonyl (C=O) groups is 1. The normalized spacial score (nSPS) is 16.8. The summed E-state index contributed by atoms with van der Waals surface area (Å²) in [5.74, 6) is -2.29. The molecule has 19 heavy (non-hydrogen) atoms. The van der Waals surface area contributed by atoms with Crippen molar-refractivity contribution in [1.82, 2.24) is 0 Å². The van der Waals surface area contributed by atoms with Crippen molar-refractivity contribution < 1.29 is 24.9 Å². The molecule has 1 saturated carbocycles. The maximum Gasteiger partial charge on any atom is 0.338 e. The van der Waals surface area contributed by atoms with Gasteiger partial charge in [-0.15, -0.1) is 0 Å². The van der Waals surface area contributed by atoms with E-state index in [1.165, 1.54) is 0 Å². The second-order valence-electron chi connectivity index (χ2n) is 4.88. The summed E-state index contributed by atoms with van der Waals surface area (Å²) < 4.78 is 5.36. The number of hydrogen-bond acceptors (Lipinski definition) is 5. The van der Waals surface area contributed by atoms with Gasteiger partial charge >= 0.3 is 5.97 Å². The Bertz CT molecular complexity index is 438. The average molecular weight is 266 g/mol. The van der Waals surface area contributed by atoms with Crippen LogP contribution in [0.5, 0.6) is 17.2 Å². The molecular weight excluding hydrogens is 248 g/mol. The zero-order chi connectivity index (χ0) is 13.8. The smallest absolute Gasteiger partial charge is 0.338 e. The van der Waals surface area contributed by atoms with Crippen molar-refractivity contribution in [2.45, 2.75) is 44.6 Å². The maximum absolute atomic E-state index is 11.9. The highest BCUT2D eigenvalue weighted by Crippen LogP contribution is 2.35. The molecule has 0 saturated heterocycles. The molecule has 5 heteroatoms. The van der Waals surface area contributed by atoms with Gasteiger partial charge in [-0.2, -0.15) is 0 Å². The van der Waals surface area contributed by atoms with Crippen molar-refractivity contribution >= 4 is 5.97 Å². The molecule has 0 amide bonds. The van der Waals surface area contributed by atoms with Crippen LogP contribution < -0.4 is 0 Å². The first-order chi connectivity index (χ1) is 9.08. The predicted molar refractivity (Wildman–Crippen MR) is 68.3 cm³/mol. The van der Waals surface area contributed by atoms with E-state index in [0.717, 1.165) is 50.7 Å². The minimum atomic E-state index is -0.633. The van der Waals surface area contributed by atoms with Gasteiger partial charge in [-0.05, 0) is 37.8 Å². The van der Waals surface area contributed by atoms with Gasteiger partial charge in [0.25, 0.3) is 0 Å². The summed E-state index contributed by atoms with van der Waals surface area (Å²) in [5.41, 5.74) is 0.0389. The fourth-order valence-electron chi connectivity index (χ4n) is 2.30. The zero-order valence-electron chi connectivity index (χ0n) is 10.6. The lowest BCUT2D eigenvalue weighted by Gasteiger charge is -2.15. The Balaban J connectivity index is 2.07. The van der Waals surface area contributed by atoms with E-state index in [1.54, 1.807) is 0 Å². The molecule has 3 N–H and O–H groups in total. The van der Waals surface area contributed by atoms with Gasteiger partial charge in [-0.1, -0.05) is 12.8 Å². The van der Waals surface area contributed by atoms with E-state index < -0.39 is 23.2 Å². The van der Waals surface area contributed by atoms with Crippen LogP contribution in [0.4, 0.5) is 0 Å². The van der Waals surface area contributed by atoms with Crippen molar-refractivity contribution in [1.29, 1.82) is 0 Å². The van der Waals surface area contributed by atoms with Gasteiger partial charge in [0.05, 0.1) is 5.56 Å². The molecule has 2 rings (SSSR count). The molecule has 1 aromatic rings. The third-order valence-corrected chi connectivity index (χ3v) is 3.38. The largest absolute Gasteiger partial charge is 0.504 e. The van der Waals surface area contributed by atoms with Crippen LogP contribution in [0.1, 0.15) is 48.9 Å². The molecule has 0 spiro atoms. The highest BCUT2D eigenvalue weighted by Gasteiger charge is 2.20. The Kier molecular flexibility index (Phi) is 4.14. The van der Waals surface area contributed by atoms with E-state index in [9.17, 15) is 20.1 Å². The second kappa shape index (κ2) is 5.82. The lowest BCUT2D eigenvalue weighted by molar-refractivity contribution is 0.0266. The molecule has 0 heterocycles. The van der Waals surface area contributed by atoms with E-state index in [-0.39, 0.29) is 11.7 Å². The fraction of sp³-hybridized carbons (Fsp3) is 0.500. The summed E-state index contributed by atoms with van der Waals surface area (Å²) in [7, 11) is 0. The van der Waals surface area contributed by atoms with Crippen LogP contribution in [-0.2, 0) is 4.74 Å². The first-order valence-electron chi connectivity index (χ1n) is 6.54. The Hall–Kier alpha value is -1.91. The van der Waals surface area contributed by atoms with E-state index >= 15 is 0 Å². The van der Waals surface area contributed by atoms with Crippen LogP contribution in [-0.4, -0.2) is 27.4 Å². The SMILES string of the molecule is O=C(OC1CCCCCC1)c1cc(O)c(O)c(O)c1. The summed E-state index contributed by atoms with van der Waals surface area (Å²) in [6.45, 7) is 0. The Morgan fingerprint density at radius 3 is 2.05 bits per heavy atom. The molecule has 0 unspecified atom stereocenters. The van der Waals surface area contributed by atoms with Gasteiger partial charge in [0.1, 0.15) is 6.10 Å². The van der Waals surface area contributed by atoms with Crippen LogP contribution in [0.2, 0.25) is 0 Å². The van der Waals surface area contributed by atoms with Crippen molar-refractivity contribution in [3.05, 3.63) is 17.7 Å². The Morgan fingerprint density at radius 1 is 1.00 bits per heavy atom. The molecule has 1 fully saturated rings. The number of carbonyl (C=O) groups excluding carboxylic acids is 1. The average Bonchev–Trinajstić information content (AvgIpc) is 2.64. The third-order valence-electron chi connectivity index (χ3n) is 3.38. The molecule has 1 aliphatic rings. The summed E-state index contributed by atoms with van der Waals surface area (Å²) in [6.07, 6.45) is 6.01. The zero-order valence-corrected chi connectivity index (χ0v) is 10.6. The number of esters is 1. The fourth-order valence-corrected chi connectivity index (χ4v) is 2.30. The Labute approximate surface area is 111 Å². The molecule has 0 aliphatic heterocycles. The van der Waals surface area contributed by atoms with E-state index in [2.05, 4.69) is 0 Å². The molecule has 0 aromatic heterocycles. The van der Waals surface area contributed by atoms with Crippen LogP contribution in [0, 0.1) is 0 Å². The number of hydrogen-bond donors (Lipinski definition) is 3. The standard InChI is InChI=1S/C14H18O5/c15-11-7-9(8-12(16)13(11)17)14(18)19-10-5-3-1-2-4-6-10/h7-8,10,15-17H,1-6H2. The minimum Gasteiger partial charge on any atom is -0.504 e. The van der Waals surface area contributed by atoms with Gasteiger partial charge in [-0.25, -0.2) is 4.79 Å². The van der Waals surface area contributed by atoms with Crippen molar-refractivity contribution in [3.63, 3.8) is 0 Å². The van der Waals surface area contributed by atoms with E-state index in [4.69, 9.17) is 4.74 Å². The quantitative estimate of drug-likeness (QED) is 0.435. The third kappa shape index (κ3) is 3.30. The molecular formula is C14H18O5. The summed E-state index contributed by atoms with van der Waals surface area (Å²) in [6, 6.07) is 2.18. The van der Waals surface area contributed by atoms with Crippen LogP contribution in [0.15, 0.2) is 12.1 Å². The molecule has 104 valence electrons. The van der Waals surface area contributed by atoms with Crippen molar-refractivity contribution in [2.75, 3.05) is 0 Å². The highest BCUT2D eigenvalue weighted by atomic mass is 16.5. The summed E-state index contributed by atoms with van der Waals surface area (Å²) in [5, 5.41) is 27.9. The predicted octanol–water partition coefficient (Wildman–Crippen LogP) is 2.68. The monoisotopic (exact) mass is 266 g/mol. The molecule has 0 atom stereocenters. The molecule has 0 radical (unpaired) electrons. The maximum atomic E-state index is 11.9. The molecule has 1 aromatic carbocycles. The van der Waals surface area contributed by atoms with E-state index in [1.807, 2.05) is 0 Å². The number of phenols is 3. The minimum absolute atomic E-state index is 0.0389. The topological polar surface area (TPSA) is 87.0 Å². The highest BCUT2D eigenvalue weighted by molar-refractivity contribution is 5.91. The summed E-state index contributed by atoms with van der Waals surface area (Å²) in [4.78, 5) is 11.9. The number of aromatic hydroxyl groups is 3. The molecule has 5 nitrogen and oxygen atoms in total. The van der Waals surface area contributed by atoms with Gasteiger partial charge in [0, 0.05) is 0 Å². The first kappa shape index (κ1) is 13.5. The lowest BCUT2D eigenvalue weighted by Crippen LogP contribution is -2.17. The van der Waals surface area contributed by atoms with Crippen molar-refractivity contribution in [2.24, 2.45) is 0 Å². The summed E-state index contributed by atoms with van der Waals surface area (Å²) >= 11 is 0. The number of phenolic OH excluding ortho intramolecular Hbond substituents is 3. The van der Waals surface area contributed by atoms with Gasteiger partial charge in [0.15, 0.2) is 17.2 Å². The van der Waals surface area contributed by atoms with Crippen LogP contribution in [0.25, 0.3) is 0 Å².